The number of anilines is 1. The van der Waals surface area contributed by atoms with Gasteiger partial charge in [0.1, 0.15) is 5.82 Å². The molecule has 0 aliphatic carbocycles. The summed E-state index contributed by atoms with van der Waals surface area (Å²) in [5.41, 5.74) is 0.514. The molecule has 1 aromatic rings. The van der Waals surface area contributed by atoms with E-state index in [1.807, 2.05) is 0 Å². The fourth-order valence-electron chi connectivity index (χ4n) is 3.03. The molecule has 21 heavy (non-hydrogen) atoms. The van der Waals surface area contributed by atoms with Gasteiger partial charge in [0.2, 0.25) is 5.91 Å². The first kappa shape index (κ1) is 15.9. The molecule has 1 aromatic carbocycles. The Morgan fingerprint density at radius 3 is 2.86 bits per heavy atom. The number of likely N-dealkylation sites (tertiary alicyclic amines) is 1. The average molecular weight is 293 g/mol. The van der Waals surface area contributed by atoms with Crippen molar-refractivity contribution < 1.29 is 9.18 Å². The summed E-state index contributed by atoms with van der Waals surface area (Å²) in [6.07, 6.45) is 1.57. The van der Waals surface area contributed by atoms with Crippen LogP contribution in [0.4, 0.5) is 10.1 Å². The Bertz CT molecular complexity index is 492. The van der Waals surface area contributed by atoms with E-state index < -0.39 is 0 Å². The molecule has 0 saturated carbocycles. The first-order chi connectivity index (χ1) is 9.97. The van der Waals surface area contributed by atoms with Crippen LogP contribution in [-0.2, 0) is 4.79 Å². The molecule has 2 unspecified atom stereocenters. The minimum Gasteiger partial charge on any atom is -0.326 e. The van der Waals surface area contributed by atoms with E-state index in [4.69, 9.17) is 0 Å². The van der Waals surface area contributed by atoms with Gasteiger partial charge in [-0.05, 0) is 45.6 Å². The molecule has 1 amide bonds. The highest BCUT2D eigenvalue weighted by Gasteiger charge is 2.31. The van der Waals surface area contributed by atoms with Gasteiger partial charge in [-0.25, -0.2) is 4.39 Å². The van der Waals surface area contributed by atoms with E-state index in [-0.39, 0.29) is 11.7 Å². The molecule has 1 fully saturated rings. The van der Waals surface area contributed by atoms with E-state index in [1.54, 1.807) is 12.1 Å². The third-order valence-electron chi connectivity index (χ3n) is 4.24. The molecule has 1 N–H and O–H groups in total. The predicted octanol–water partition coefficient (Wildman–Crippen LogP) is 2.18. The van der Waals surface area contributed by atoms with Gasteiger partial charge >= 0.3 is 0 Å². The fourth-order valence-corrected chi connectivity index (χ4v) is 3.03. The highest BCUT2D eigenvalue weighted by atomic mass is 19.1. The van der Waals surface area contributed by atoms with Gasteiger partial charge in [0, 0.05) is 37.3 Å². The summed E-state index contributed by atoms with van der Waals surface area (Å²) in [6, 6.07) is 7.00. The van der Waals surface area contributed by atoms with Crippen LogP contribution in [0, 0.1) is 5.82 Å². The number of likely N-dealkylation sites (N-methyl/N-ethyl adjacent to an activating group) is 1. The van der Waals surface area contributed by atoms with E-state index in [9.17, 15) is 9.18 Å². The van der Waals surface area contributed by atoms with Crippen LogP contribution >= 0.6 is 0 Å². The smallest absolute Gasteiger partial charge is 0.225 e. The van der Waals surface area contributed by atoms with E-state index >= 15 is 0 Å². The van der Waals surface area contributed by atoms with Gasteiger partial charge in [-0.3, -0.25) is 9.69 Å². The lowest BCUT2D eigenvalue weighted by molar-refractivity contribution is -0.116. The summed E-state index contributed by atoms with van der Waals surface area (Å²) in [4.78, 5) is 16.5. The molecule has 1 heterocycles. The molecule has 0 spiro atoms. The quantitative estimate of drug-likeness (QED) is 0.904. The van der Waals surface area contributed by atoms with Crippen LogP contribution in [0.25, 0.3) is 0 Å². The van der Waals surface area contributed by atoms with Gasteiger partial charge < -0.3 is 10.2 Å². The minimum atomic E-state index is -0.338. The number of nitrogens with one attached hydrogen (secondary N) is 1. The number of rotatable bonds is 5. The molecule has 0 bridgehead atoms. The normalized spacial score (nSPS) is 22.7. The van der Waals surface area contributed by atoms with Crippen LogP contribution in [0.2, 0.25) is 0 Å². The maximum Gasteiger partial charge on any atom is 0.225 e. The van der Waals surface area contributed by atoms with Crippen molar-refractivity contribution in [2.24, 2.45) is 0 Å². The van der Waals surface area contributed by atoms with Crippen LogP contribution in [0.3, 0.4) is 0 Å². The standard InChI is InChI=1S/C16H24FN3O/c1-12-15(19(2)3)7-9-20(12)10-8-16(21)18-14-6-4-5-13(17)11-14/h4-6,11-12,15H,7-10H2,1-3H3,(H,18,21). The van der Waals surface area contributed by atoms with Crippen LogP contribution < -0.4 is 5.32 Å². The number of hydrogen-bond donors (Lipinski definition) is 1. The summed E-state index contributed by atoms with van der Waals surface area (Å²) in [5, 5.41) is 2.74. The van der Waals surface area contributed by atoms with E-state index in [0.717, 1.165) is 19.5 Å². The lowest BCUT2D eigenvalue weighted by Crippen LogP contribution is -2.40. The Morgan fingerprint density at radius 1 is 1.48 bits per heavy atom. The topological polar surface area (TPSA) is 35.6 Å². The minimum absolute atomic E-state index is 0.0684. The first-order valence-corrected chi connectivity index (χ1v) is 7.43. The molecule has 0 radical (unpaired) electrons. The molecular formula is C16H24FN3O. The highest BCUT2D eigenvalue weighted by Crippen LogP contribution is 2.21. The Balaban J connectivity index is 1.79. The monoisotopic (exact) mass is 293 g/mol. The average Bonchev–Trinajstić information content (AvgIpc) is 2.78. The Morgan fingerprint density at radius 2 is 2.24 bits per heavy atom. The SMILES string of the molecule is CC1C(N(C)C)CCN1CCC(=O)Nc1cccc(F)c1. The summed E-state index contributed by atoms with van der Waals surface area (Å²) < 4.78 is 13.1. The van der Waals surface area contributed by atoms with Crippen molar-refractivity contribution in [1.29, 1.82) is 0 Å². The molecule has 1 aliphatic rings. The number of nitrogens with zero attached hydrogens (tertiary/aromatic N) is 2. The molecule has 5 heteroatoms. The molecule has 1 saturated heterocycles. The van der Waals surface area contributed by atoms with Crippen LogP contribution in [0.15, 0.2) is 24.3 Å². The van der Waals surface area contributed by atoms with Crippen molar-refractivity contribution in [3.05, 3.63) is 30.1 Å². The third kappa shape index (κ3) is 4.25. The second kappa shape index (κ2) is 7.00. The summed E-state index contributed by atoms with van der Waals surface area (Å²) in [7, 11) is 4.20. The second-order valence-corrected chi connectivity index (χ2v) is 5.90. The van der Waals surface area contributed by atoms with Crippen LogP contribution in [0.5, 0.6) is 0 Å². The van der Waals surface area contributed by atoms with Crippen molar-refractivity contribution in [3.63, 3.8) is 0 Å². The highest BCUT2D eigenvalue weighted by molar-refractivity contribution is 5.90. The largest absolute Gasteiger partial charge is 0.326 e. The number of halogens is 1. The van der Waals surface area contributed by atoms with E-state index in [2.05, 4.69) is 36.1 Å². The van der Waals surface area contributed by atoms with Gasteiger partial charge in [0.15, 0.2) is 0 Å². The third-order valence-corrected chi connectivity index (χ3v) is 4.24. The fraction of sp³-hybridized carbons (Fsp3) is 0.562. The maximum absolute atomic E-state index is 13.1. The number of carbonyl (C=O) groups is 1. The van der Waals surface area contributed by atoms with Crippen LogP contribution in [0.1, 0.15) is 19.8 Å². The van der Waals surface area contributed by atoms with Crippen molar-refractivity contribution >= 4 is 11.6 Å². The molecule has 0 aromatic heterocycles. The van der Waals surface area contributed by atoms with Crippen molar-refractivity contribution in [2.75, 3.05) is 32.5 Å². The molecule has 2 atom stereocenters. The van der Waals surface area contributed by atoms with Gasteiger partial charge in [0.25, 0.3) is 0 Å². The Hall–Kier alpha value is -1.46. The number of amides is 1. The lowest BCUT2D eigenvalue weighted by Gasteiger charge is -2.28. The van der Waals surface area contributed by atoms with Crippen molar-refractivity contribution in [1.82, 2.24) is 9.80 Å². The summed E-state index contributed by atoms with van der Waals surface area (Å²) in [6.45, 7) is 3.98. The zero-order valence-corrected chi connectivity index (χ0v) is 13.0. The molecular weight excluding hydrogens is 269 g/mol. The van der Waals surface area contributed by atoms with Gasteiger partial charge in [-0.1, -0.05) is 6.07 Å². The number of hydrogen-bond acceptors (Lipinski definition) is 3. The first-order valence-electron chi connectivity index (χ1n) is 7.43. The summed E-state index contributed by atoms with van der Waals surface area (Å²) >= 11 is 0. The van der Waals surface area contributed by atoms with E-state index in [1.165, 1.54) is 12.1 Å². The van der Waals surface area contributed by atoms with E-state index in [0.29, 0.717) is 24.2 Å². The number of benzene rings is 1. The Labute approximate surface area is 125 Å². The van der Waals surface area contributed by atoms with Gasteiger partial charge in [-0.15, -0.1) is 0 Å². The Kier molecular flexibility index (Phi) is 5.31. The predicted molar refractivity (Wildman–Crippen MR) is 82.8 cm³/mol. The van der Waals surface area contributed by atoms with Gasteiger partial charge in [0.05, 0.1) is 0 Å². The number of carbonyl (C=O) groups excluding carboxylic acids is 1. The maximum atomic E-state index is 13.1. The van der Waals surface area contributed by atoms with Crippen LogP contribution in [-0.4, -0.2) is 55.0 Å². The van der Waals surface area contributed by atoms with Gasteiger partial charge in [-0.2, -0.15) is 0 Å². The zero-order valence-electron chi connectivity index (χ0n) is 13.0. The van der Waals surface area contributed by atoms with Crippen molar-refractivity contribution in [3.8, 4) is 0 Å². The van der Waals surface area contributed by atoms with Crippen molar-refractivity contribution in [2.45, 2.75) is 31.8 Å². The second-order valence-electron chi connectivity index (χ2n) is 5.90. The molecule has 2 rings (SSSR count). The molecule has 4 nitrogen and oxygen atoms in total. The zero-order chi connectivity index (χ0) is 15.4. The summed E-state index contributed by atoms with van der Waals surface area (Å²) in [5.74, 6) is -0.407. The molecule has 1 aliphatic heterocycles. The lowest BCUT2D eigenvalue weighted by atomic mass is 10.1. The molecule has 116 valence electrons.